The summed E-state index contributed by atoms with van der Waals surface area (Å²) < 4.78 is 16.2. The summed E-state index contributed by atoms with van der Waals surface area (Å²) in [7, 11) is 4.11. The minimum atomic E-state index is -0.476. The second-order valence-electron chi connectivity index (χ2n) is 6.87. The first-order valence-electron chi connectivity index (χ1n) is 9.70. The smallest absolute Gasteiger partial charge is 0.205 e. The molecule has 0 saturated heterocycles. The highest BCUT2D eigenvalue weighted by atomic mass is 16.5. The Morgan fingerprint density at radius 1 is 0.645 bits per heavy atom. The van der Waals surface area contributed by atoms with Gasteiger partial charge < -0.3 is 19.3 Å². The van der Waals surface area contributed by atoms with Crippen molar-refractivity contribution in [1.29, 1.82) is 0 Å². The zero-order chi connectivity index (χ0) is 22.4. The lowest BCUT2D eigenvalue weighted by atomic mass is 9.93. The predicted molar refractivity (Wildman–Crippen MR) is 117 cm³/mol. The van der Waals surface area contributed by atoms with Gasteiger partial charge in [0.05, 0.1) is 21.3 Å². The summed E-state index contributed by atoms with van der Waals surface area (Å²) in [4.78, 5) is 26.3. The zero-order valence-electron chi connectivity index (χ0n) is 17.7. The van der Waals surface area contributed by atoms with Gasteiger partial charge in [-0.05, 0) is 11.1 Å². The van der Waals surface area contributed by atoms with Gasteiger partial charge in [-0.1, -0.05) is 60.7 Å². The molecule has 3 aromatic rings. The van der Waals surface area contributed by atoms with Crippen molar-refractivity contribution in [3.8, 4) is 23.0 Å². The van der Waals surface area contributed by atoms with Crippen LogP contribution in [0, 0.1) is 0 Å². The molecule has 0 saturated carbocycles. The van der Waals surface area contributed by atoms with Crippen molar-refractivity contribution < 1.29 is 28.9 Å². The molecule has 0 atom stereocenters. The lowest BCUT2D eigenvalue weighted by Gasteiger charge is -2.20. The molecule has 0 bridgehead atoms. The summed E-state index contributed by atoms with van der Waals surface area (Å²) in [6, 6.07) is 18.2. The van der Waals surface area contributed by atoms with Crippen LogP contribution in [-0.2, 0) is 12.8 Å². The normalized spacial score (nSPS) is 10.4. The van der Waals surface area contributed by atoms with Crippen LogP contribution in [0.25, 0.3) is 0 Å². The Kier molecular flexibility index (Phi) is 6.92. The molecular weight excluding hydrogens is 396 g/mol. The molecule has 3 aromatic carbocycles. The van der Waals surface area contributed by atoms with Crippen LogP contribution in [0.15, 0.2) is 60.7 Å². The molecule has 31 heavy (non-hydrogen) atoms. The number of Topliss-reactive ketones (excluding diaryl/α,β-unsaturated/α-hetero) is 2. The number of hydrogen-bond acceptors (Lipinski definition) is 6. The Morgan fingerprint density at radius 3 is 1.32 bits per heavy atom. The van der Waals surface area contributed by atoms with E-state index in [4.69, 9.17) is 14.2 Å². The minimum absolute atomic E-state index is 0.0204. The minimum Gasteiger partial charge on any atom is -0.506 e. The zero-order valence-corrected chi connectivity index (χ0v) is 17.7. The van der Waals surface area contributed by atoms with Gasteiger partial charge in [-0.15, -0.1) is 0 Å². The number of methoxy groups -OCH3 is 3. The predicted octanol–water partition coefficient (Wildman–Crippen LogP) is 4.27. The maximum absolute atomic E-state index is 13.2. The van der Waals surface area contributed by atoms with Gasteiger partial charge in [0.15, 0.2) is 23.1 Å². The van der Waals surface area contributed by atoms with Gasteiger partial charge in [0.25, 0.3) is 0 Å². The fraction of sp³-hybridized carbons (Fsp3) is 0.200. The van der Waals surface area contributed by atoms with Crippen molar-refractivity contribution in [1.82, 2.24) is 0 Å². The molecule has 6 heteroatoms. The number of ether oxygens (including phenoxy) is 3. The van der Waals surface area contributed by atoms with Gasteiger partial charge in [0, 0.05) is 12.8 Å². The SMILES string of the molecule is COc1c(OC)c(C(=O)Cc2ccccc2)c(O)c(C(=O)Cc2ccccc2)c1OC. The van der Waals surface area contributed by atoms with Gasteiger partial charge >= 0.3 is 0 Å². The highest BCUT2D eigenvalue weighted by Gasteiger charge is 2.33. The highest BCUT2D eigenvalue weighted by Crippen LogP contribution is 2.49. The molecule has 0 spiro atoms. The quantitative estimate of drug-likeness (QED) is 0.521. The van der Waals surface area contributed by atoms with Crippen LogP contribution in [0.5, 0.6) is 23.0 Å². The molecule has 160 valence electrons. The van der Waals surface area contributed by atoms with E-state index in [0.717, 1.165) is 11.1 Å². The molecule has 0 aliphatic rings. The molecule has 0 aliphatic carbocycles. The van der Waals surface area contributed by atoms with E-state index in [1.165, 1.54) is 21.3 Å². The molecule has 0 fully saturated rings. The Balaban J connectivity index is 2.14. The summed E-state index contributed by atoms with van der Waals surface area (Å²) in [5, 5.41) is 11.1. The van der Waals surface area contributed by atoms with Crippen molar-refractivity contribution in [3.05, 3.63) is 82.9 Å². The summed E-state index contributed by atoms with van der Waals surface area (Å²) in [6.07, 6.45) is 0.0408. The first kappa shape index (κ1) is 21.9. The third-order valence-electron chi connectivity index (χ3n) is 4.93. The number of aromatic hydroxyl groups is 1. The van der Waals surface area contributed by atoms with Crippen LogP contribution < -0.4 is 14.2 Å². The van der Waals surface area contributed by atoms with E-state index in [2.05, 4.69) is 0 Å². The molecule has 0 heterocycles. The first-order valence-corrected chi connectivity index (χ1v) is 9.70. The Bertz CT molecular complexity index is 992. The number of phenols is 1. The third kappa shape index (κ3) is 4.53. The van der Waals surface area contributed by atoms with Gasteiger partial charge in [-0.2, -0.15) is 0 Å². The fourth-order valence-electron chi connectivity index (χ4n) is 3.50. The Morgan fingerprint density at radius 2 is 1.00 bits per heavy atom. The Hall–Kier alpha value is -3.80. The molecule has 0 aliphatic heterocycles. The van der Waals surface area contributed by atoms with Crippen molar-refractivity contribution in [3.63, 3.8) is 0 Å². The van der Waals surface area contributed by atoms with E-state index in [0.29, 0.717) is 0 Å². The van der Waals surface area contributed by atoms with Crippen LogP contribution in [0.2, 0.25) is 0 Å². The number of carbonyl (C=O) groups excluding carboxylic acids is 2. The van der Waals surface area contributed by atoms with E-state index < -0.39 is 17.3 Å². The number of rotatable bonds is 9. The monoisotopic (exact) mass is 420 g/mol. The summed E-state index contributed by atoms with van der Waals surface area (Å²) in [5.74, 6) is -1.17. The Labute approximate surface area is 181 Å². The number of carbonyl (C=O) groups is 2. The standard InChI is InChI=1S/C25H24O6/c1-29-23-20(18(26)14-16-10-6-4-7-11-16)22(28)21(24(30-2)25(23)31-3)19(27)15-17-12-8-5-9-13-17/h4-13,28H,14-15H2,1-3H3. The van der Waals surface area contributed by atoms with Crippen LogP contribution in [0.4, 0.5) is 0 Å². The van der Waals surface area contributed by atoms with E-state index in [1.807, 2.05) is 60.7 Å². The molecule has 3 rings (SSSR count). The second kappa shape index (κ2) is 9.80. The average molecular weight is 420 g/mol. The molecule has 0 radical (unpaired) electrons. The molecule has 6 nitrogen and oxygen atoms in total. The average Bonchev–Trinajstić information content (AvgIpc) is 2.79. The second-order valence-corrected chi connectivity index (χ2v) is 6.87. The van der Waals surface area contributed by atoms with Gasteiger partial charge in [0.1, 0.15) is 16.9 Å². The van der Waals surface area contributed by atoms with E-state index >= 15 is 0 Å². The lowest BCUT2D eigenvalue weighted by molar-refractivity contribution is 0.0983. The largest absolute Gasteiger partial charge is 0.506 e. The van der Waals surface area contributed by atoms with Crippen molar-refractivity contribution >= 4 is 11.6 Å². The molecule has 0 unspecified atom stereocenters. The highest BCUT2D eigenvalue weighted by molar-refractivity contribution is 6.11. The van der Waals surface area contributed by atoms with Crippen molar-refractivity contribution in [2.24, 2.45) is 0 Å². The summed E-state index contributed by atoms with van der Waals surface area (Å²) in [5.41, 5.74) is 1.31. The number of hydrogen-bond donors (Lipinski definition) is 1. The fourth-order valence-corrected chi connectivity index (χ4v) is 3.50. The number of ketones is 2. The maximum Gasteiger partial charge on any atom is 0.205 e. The molecule has 1 N–H and O–H groups in total. The van der Waals surface area contributed by atoms with Crippen LogP contribution >= 0.6 is 0 Å². The van der Waals surface area contributed by atoms with Crippen molar-refractivity contribution in [2.75, 3.05) is 21.3 Å². The van der Waals surface area contributed by atoms with Crippen LogP contribution in [0.3, 0.4) is 0 Å². The molecule has 0 amide bonds. The summed E-state index contributed by atoms with van der Waals surface area (Å²) in [6.45, 7) is 0. The maximum atomic E-state index is 13.2. The summed E-state index contributed by atoms with van der Waals surface area (Å²) >= 11 is 0. The van der Waals surface area contributed by atoms with E-state index in [9.17, 15) is 14.7 Å². The van der Waals surface area contributed by atoms with Gasteiger partial charge in [-0.25, -0.2) is 0 Å². The van der Waals surface area contributed by atoms with Gasteiger partial charge in [0.2, 0.25) is 5.75 Å². The number of benzene rings is 3. The van der Waals surface area contributed by atoms with E-state index in [1.54, 1.807) is 0 Å². The molecular formula is C25H24O6. The van der Waals surface area contributed by atoms with Crippen LogP contribution in [0.1, 0.15) is 31.8 Å². The number of phenolic OH excluding ortho intramolecular Hbond substituents is 1. The first-order chi connectivity index (χ1) is 15.0. The molecule has 0 aromatic heterocycles. The lowest BCUT2D eigenvalue weighted by Crippen LogP contribution is -2.14. The topological polar surface area (TPSA) is 82.1 Å². The van der Waals surface area contributed by atoms with E-state index in [-0.39, 0.29) is 41.2 Å². The van der Waals surface area contributed by atoms with Crippen molar-refractivity contribution in [2.45, 2.75) is 12.8 Å². The van der Waals surface area contributed by atoms with Crippen LogP contribution in [-0.4, -0.2) is 38.0 Å². The van der Waals surface area contributed by atoms with Gasteiger partial charge in [-0.3, -0.25) is 9.59 Å². The third-order valence-corrected chi connectivity index (χ3v) is 4.93.